The molecule has 0 saturated carbocycles. The van der Waals surface area contributed by atoms with Gasteiger partial charge >= 0.3 is 0 Å². The average Bonchev–Trinajstić information content (AvgIpc) is 2.75. The van der Waals surface area contributed by atoms with Crippen LogP contribution in [-0.2, 0) is 0 Å². The maximum absolute atomic E-state index is 12.5. The Balaban J connectivity index is 1.46. The first-order valence-electron chi connectivity index (χ1n) is 9.15. The van der Waals surface area contributed by atoms with Gasteiger partial charge in [0.15, 0.2) is 0 Å². The second-order valence-electron chi connectivity index (χ2n) is 6.52. The lowest BCUT2D eigenvalue weighted by molar-refractivity contribution is 0.0736. The molecule has 2 aromatic carbocycles. The molecule has 1 aliphatic rings. The standard InChI is InChI=1S/C21H20IN5O/c22-17-5-1-15(2-6-17)19-9-10-24-21(26-19)25-18-7-3-16(4-8-18)20(28)27-13-11-23-12-14-27/h1-10,23H,11-14H2,(H,24,25,26). The number of nitrogens with one attached hydrogen (secondary N) is 2. The lowest BCUT2D eigenvalue weighted by Crippen LogP contribution is -2.46. The number of nitrogens with zero attached hydrogens (tertiary/aromatic N) is 3. The first kappa shape index (κ1) is 18.8. The van der Waals surface area contributed by atoms with Gasteiger partial charge in [-0.1, -0.05) is 12.1 Å². The minimum atomic E-state index is 0.0741. The molecule has 3 aromatic rings. The zero-order valence-electron chi connectivity index (χ0n) is 15.2. The van der Waals surface area contributed by atoms with Crippen LogP contribution in [0.2, 0.25) is 0 Å². The molecule has 0 radical (unpaired) electrons. The summed E-state index contributed by atoms with van der Waals surface area (Å²) in [4.78, 5) is 23.3. The van der Waals surface area contributed by atoms with E-state index in [4.69, 9.17) is 0 Å². The van der Waals surface area contributed by atoms with Gasteiger partial charge in [0.25, 0.3) is 5.91 Å². The Bertz CT molecular complexity index is 953. The second kappa shape index (κ2) is 8.66. The molecule has 7 heteroatoms. The molecule has 2 N–H and O–H groups in total. The Hall–Kier alpha value is -2.52. The first-order valence-corrected chi connectivity index (χ1v) is 10.2. The second-order valence-corrected chi connectivity index (χ2v) is 7.76. The van der Waals surface area contributed by atoms with Gasteiger partial charge in [-0.15, -0.1) is 0 Å². The summed E-state index contributed by atoms with van der Waals surface area (Å²) in [6, 6.07) is 17.5. The Labute approximate surface area is 177 Å². The van der Waals surface area contributed by atoms with Crippen molar-refractivity contribution in [2.24, 2.45) is 0 Å². The van der Waals surface area contributed by atoms with Crippen molar-refractivity contribution >= 4 is 40.1 Å². The van der Waals surface area contributed by atoms with Gasteiger partial charge in [0.1, 0.15) is 0 Å². The van der Waals surface area contributed by atoms with Gasteiger partial charge in [-0.3, -0.25) is 4.79 Å². The van der Waals surface area contributed by atoms with E-state index in [1.165, 1.54) is 3.57 Å². The molecule has 1 fully saturated rings. The van der Waals surface area contributed by atoms with Crippen LogP contribution >= 0.6 is 22.6 Å². The van der Waals surface area contributed by atoms with Gasteiger partial charge in [0.05, 0.1) is 5.69 Å². The summed E-state index contributed by atoms with van der Waals surface area (Å²) in [5, 5.41) is 6.47. The third kappa shape index (κ3) is 4.48. The summed E-state index contributed by atoms with van der Waals surface area (Å²) in [5.41, 5.74) is 3.44. The maximum atomic E-state index is 12.5. The number of amides is 1. The van der Waals surface area contributed by atoms with Crippen molar-refractivity contribution in [2.45, 2.75) is 0 Å². The van der Waals surface area contributed by atoms with Gasteiger partial charge in [0, 0.05) is 52.8 Å². The fraction of sp³-hybridized carbons (Fsp3) is 0.190. The highest BCUT2D eigenvalue weighted by atomic mass is 127. The van der Waals surface area contributed by atoms with E-state index in [0.717, 1.165) is 43.1 Å². The molecule has 0 bridgehead atoms. The first-order chi connectivity index (χ1) is 13.7. The van der Waals surface area contributed by atoms with Crippen LogP contribution in [0.3, 0.4) is 0 Å². The number of rotatable bonds is 4. The molecule has 0 unspecified atom stereocenters. The molecule has 28 heavy (non-hydrogen) atoms. The Morgan fingerprint density at radius 3 is 2.43 bits per heavy atom. The molecular formula is C21H20IN5O. The molecule has 0 spiro atoms. The number of hydrogen-bond donors (Lipinski definition) is 2. The van der Waals surface area contributed by atoms with Crippen LogP contribution in [0.15, 0.2) is 60.8 Å². The fourth-order valence-electron chi connectivity index (χ4n) is 3.08. The summed E-state index contributed by atoms with van der Waals surface area (Å²) >= 11 is 2.28. The molecule has 6 nitrogen and oxygen atoms in total. The third-order valence-electron chi connectivity index (χ3n) is 4.59. The van der Waals surface area contributed by atoms with E-state index in [1.807, 2.05) is 47.4 Å². The van der Waals surface area contributed by atoms with E-state index in [9.17, 15) is 4.79 Å². The molecule has 1 amide bonds. The molecule has 1 saturated heterocycles. The number of carbonyl (C=O) groups is 1. The van der Waals surface area contributed by atoms with Crippen molar-refractivity contribution < 1.29 is 4.79 Å². The van der Waals surface area contributed by atoms with Crippen LogP contribution in [0, 0.1) is 3.57 Å². The van der Waals surface area contributed by atoms with Crippen LogP contribution < -0.4 is 10.6 Å². The molecule has 2 heterocycles. The largest absolute Gasteiger partial charge is 0.336 e. The van der Waals surface area contributed by atoms with Crippen LogP contribution in [-0.4, -0.2) is 47.0 Å². The van der Waals surface area contributed by atoms with E-state index in [2.05, 4.69) is 55.3 Å². The highest BCUT2D eigenvalue weighted by Gasteiger charge is 2.17. The van der Waals surface area contributed by atoms with Crippen LogP contribution in [0.1, 0.15) is 10.4 Å². The topological polar surface area (TPSA) is 70.2 Å². The summed E-state index contributed by atoms with van der Waals surface area (Å²) in [6.45, 7) is 3.19. The maximum Gasteiger partial charge on any atom is 0.253 e. The van der Waals surface area contributed by atoms with E-state index in [-0.39, 0.29) is 5.91 Å². The quantitative estimate of drug-likeness (QED) is 0.554. The SMILES string of the molecule is O=C(c1ccc(Nc2nccc(-c3ccc(I)cc3)n2)cc1)N1CCNCC1. The summed E-state index contributed by atoms with van der Waals surface area (Å²) in [5.74, 6) is 0.599. The highest BCUT2D eigenvalue weighted by molar-refractivity contribution is 14.1. The van der Waals surface area contributed by atoms with E-state index >= 15 is 0 Å². The van der Waals surface area contributed by atoms with Crippen molar-refractivity contribution in [3.8, 4) is 11.3 Å². The zero-order valence-corrected chi connectivity index (χ0v) is 17.4. The highest BCUT2D eigenvalue weighted by Crippen LogP contribution is 2.21. The van der Waals surface area contributed by atoms with Crippen LogP contribution in [0.5, 0.6) is 0 Å². The molecular weight excluding hydrogens is 465 g/mol. The van der Waals surface area contributed by atoms with E-state index < -0.39 is 0 Å². The smallest absolute Gasteiger partial charge is 0.253 e. The number of anilines is 2. The fourth-order valence-corrected chi connectivity index (χ4v) is 3.44. The summed E-state index contributed by atoms with van der Waals surface area (Å²) in [7, 11) is 0. The Kier molecular flexibility index (Phi) is 5.82. The predicted octanol–water partition coefficient (Wildman–Crippen LogP) is 3.54. The zero-order chi connectivity index (χ0) is 19.3. The van der Waals surface area contributed by atoms with Gasteiger partial charge in [-0.2, -0.15) is 0 Å². The Morgan fingerprint density at radius 1 is 1.00 bits per heavy atom. The molecule has 4 rings (SSSR count). The predicted molar refractivity (Wildman–Crippen MR) is 119 cm³/mol. The summed E-state index contributed by atoms with van der Waals surface area (Å²) < 4.78 is 1.18. The minimum absolute atomic E-state index is 0.0741. The minimum Gasteiger partial charge on any atom is -0.336 e. The number of hydrogen-bond acceptors (Lipinski definition) is 5. The van der Waals surface area contributed by atoms with Crippen molar-refractivity contribution in [1.82, 2.24) is 20.2 Å². The molecule has 1 aliphatic heterocycles. The van der Waals surface area contributed by atoms with Crippen molar-refractivity contribution in [3.63, 3.8) is 0 Å². The van der Waals surface area contributed by atoms with Crippen molar-refractivity contribution in [1.29, 1.82) is 0 Å². The molecule has 1 aromatic heterocycles. The van der Waals surface area contributed by atoms with Gasteiger partial charge < -0.3 is 15.5 Å². The van der Waals surface area contributed by atoms with E-state index in [0.29, 0.717) is 11.5 Å². The van der Waals surface area contributed by atoms with Crippen LogP contribution in [0.25, 0.3) is 11.3 Å². The monoisotopic (exact) mass is 485 g/mol. The molecule has 0 aliphatic carbocycles. The van der Waals surface area contributed by atoms with Crippen LogP contribution in [0.4, 0.5) is 11.6 Å². The normalized spacial score (nSPS) is 14.0. The number of piperazine rings is 1. The lowest BCUT2D eigenvalue weighted by atomic mass is 10.1. The number of halogens is 1. The summed E-state index contributed by atoms with van der Waals surface area (Å²) in [6.07, 6.45) is 1.74. The van der Waals surface area contributed by atoms with Crippen molar-refractivity contribution in [2.75, 3.05) is 31.5 Å². The van der Waals surface area contributed by atoms with Gasteiger partial charge in [-0.05, 0) is 65.1 Å². The number of carbonyl (C=O) groups excluding carboxylic acids is 1. The number of aromatic nitrogens is 2. The molecule has 142 valence electrons. The van der Waals surface area contributed by atoms with Gasteiger partial charge in [0.2, 0.25) is 5.95 Å². The Morgan fingerprint density at radius 2 is 1.71 bits per heavy atom. The number of benzene rings is 2. The third-order valence-corrected chi connectivity index (χ3v) is 5.31. The van der Waals surface area contributed by atoms with Crippen molar-refractivity contribution in [3.05, 3.63) is 69.9 Å². The average molecular weight is 485 g/mol. The van der Waals surface area contributed by atoms with Gasteiger partial charge in [-0.25, -0.2) is 9.97 Å². The lowest BCUT2D eigenvalue weighted by Gasteiger charge is -2.27. The van der Waals surface area contributed by atoms with E-state index in [1.54, 1.807) is 6.20 Å². The molecule has 0 atom stereocenters.